The summed E-state index contributed by atoms with van der Waals surface area (Å²) in [6.07, 6.45) is 0. The molecule has 0 aliphatic carbocycles. The first kappa shape index (κ1) is 12.7. The average molecular weight is 223 g/mol. The minimum Gasteiger partial charge on any atom is -0.423 e. The van der Waals surface area contributed by atoms with Crippen molar-refractivity contribution in [1.82, 2.24) is 0 Å². The van der Waals surface area contributed by atoms with Gasteiger partial charge in [0, 0.05) is 12.1 Å². The van der Waals surface area contributed by atoms with Gasteiger partial charge >= 0.3 is 7.12 Å². The SMILES string of the molecule is CC(C)(C)c1cc(B(O)O)cc([N+](=O)[O-])c1. The molecule has 16 heavy (non-hydrogen) atoms. The number of nitro benzene ring substituents is 1. The van der Waals surface area contributed by atoms with E-state index in [2.05, 4.69) is 0 Å². The standard InChI is InChI=1S/C10H14BNO4/c1-10(2,3)7-4-8(11(13)14)6-9(5-7)12(15)16/h4-6,13-14H,1-3H3. The summed E-state index contributed by atoms with van der Waals surface area (Å²) in [4.78, 5) is 10.2. The molecule has 5 nitrogen and oxygen atoms in total. The maximum absolute atomic E-state index is 10.7. The summed E-state index contributed by atoms with van der Waals surface area (Å²) >= 11 is 0. The zero-order valence-electron chi connectivity index (χ0n) is 9.47. The van der Waals surface area contributed by atoms with E-state index in [1.165, 1.54) is 12.1 Å². The molecule has 0 bridgehead atoms. The predicted molar refractivity (Wildman–Crippen MR) is 61.6 cm³/mol. The van der Waals surface area contributed by atoms with E-state index in [9.17, 15) is 10.1 Å². The van der Waals surface area contributed by atoms with Gasteiger partial charge in [-0.25, -0.2) is 0 Å². The molecule has 0 heterocycles. The molecule has 1 aromatic carbocycles. The van der Waals surface area contributed by atoms with E-state index in [-0.39, 0.29) is 16.6 Å². The minimum absolute atomic E-state index is 0.129. The van der Waals surface area contributed by atoms with Crippen LogP contribution < -0.4 is 5.46 Å². The normalized spacial score (nSPS) is 11.3. The molecule has 86 valence electrons. The third-order valence-electron chi connectivity index (χ3n) is 2.32. The van der Waals surface area contributed by atoms with E-state index in [0.29, 0.717) is 5.56 Å². The van der Waals surface area contributed by atoms with Gasteiger partial charge in [-0.3, -0.25) is 10.1 Å². The highest BCUT2D eigenvalue weighted by Crippen LogP contribution is 2.24. The molecule has 2 N–H and O–H groups in total. The first-order chi connectivity index (χ1) is 7.21. The zero-order chi connectivity index (χ0) is 12.5. The Kier molecular flexibility index (Phi) is 3.35. The van der Waals surface area contributed by atoms with E-state index < -0.39 is 12.0 Å². The molecule has 0 saturated carbocycles. The summed E-state index contributed by atoms with van der Waals surface area (Å²) in [6.45, 7) is 5.71. The lowest BCUT2D eigenvalue weighted by Crippen LogP contribution is -2.31. The Labute approximate surface area is 94.0 Å². The van der Waals surface area contributed by atoms with Gasteiger partial charge in [0.1, 0.15) is 0 Å². The molecule has 0 aliphatic heterocycles. The Hall–Kier alpha value is -1.40. The van der Waals surface area contributed by atoms with Crippen molar-refractivity contribution in [2.24, 2.45) is 0 Å². The van der Waals surface area contributed by atoms with Crippen LogP contribution in [-0.2, 0) is 5.41 Å². The maximum Gasteiger partial charge on any atom is 0.488 e. The second-order valence-corrected chi connectivity index (χ2v) is 4.69. The quantitative estimate of drug-likeness (QED) is 0.436. The van der Waals surface area contributed by atoms with E-state index in [0.717, 1.165) is 0 Å². The molecule has 0 aromatic heterocycles. The lowest BCUT2D eigenvalue weighted by atomic mass is 9.76. The number of nitrogens with zero attached hydrogens (tertiary/aromatic N) is 1. The average Bonchev–Trinajstić information content (AvgIpc) is 2.15. The van der Waals surface area contributed by atoms with Crippen LogP contribution in [0.3, 0.4) is 0 Å². The van der Waals surface area contributed by atoms with E-state index >= 15 is 0 Å². The fourth-order valence-electron chi connectivity index (χ4n) is 1.32. The van der Waals surface area contributed by atoms with Gasteiger partial charge in [-0.2, -0.15) is 0 Å². The smallest absolute Gasteiger partial charge is 0.423 e. The van der Waals surface area contributed by atoms with Crippen molar-refractivity contribution in [3.8, 4) is 0 Å². The Bertz CT molecular complexity index is 412. The fourth-order valence-corrected chi connectivity index (χ4v) is 1.32. The van der Waals surface area contributed by atoms with Crippen molar-refractivity contribution < 1.29 is 15.0 Å². The summed E-state index contributed by atoms with van der Waals surface area (Å²) < 4.78 is 0. The molecule has 1 rings (SSSR count). The van der Waals surface area contributed by atoms with Gasteiger partial charge < -0.3 is 10.0 Å². The van der Waals surface area contributed by atoms with Crippen molar-refractivity contribution in [2.45, 2.75) is 26.2 Å². The minimum atomic E-state index is -1.69. The topological polar surface area (TPSA) is 83.6 Å². The molecule has 0 atom stereocenters. The van der Waals surface area contributed by atoms with Crippen molar-refractivity contribution in [3.05, 3.63) is 33.9 Å². The molecule has 0 radical (unpaired) electrons. The van der Waals surface area contributed by atoms with Gasteiger partial charge in [-0.05, 0) is 16.4 Å². The van der Waals surface area contributed by atoms with Crippen molar-refractivity contribution in [3.63, 3.8) is 0 Å². The maximum atomic E-state index is 10.7. The van der Waals surface area contributed by atoms with Gasteiger partial charge in [-0.15, -0.1) is 0 Å². The number of rotatable bonds is 2. The third-order valence-corrected chi connectivity index (χ3v) is 2.32. The summed E-state index contributed by atoms with van der Waals surface area (Å²) in [5.74, 6) is 0. The Morgan fingerprint density at radius 1 is 1.25 bits per heavy atom. The van der Waals surface area contributed by atoms with Crippen LogP contribution in [0.2, 0.25) is 0 Å². The van der Waals surface area contributed by atoms with Gasteiger partial charge in [0.2, 0.25) is 0 Å². The lowest BCUT2D eigenvalue weighted by Gasteiger charge is -2.19. The number of hydrogen-bond donors (Lipinski definition) is 2. The molecule has 0 amide bonds. The molecule has 0 saturated heterocycles. The molecular weight excluding hydrogens is 209 g/mol. The number of nitro groups is 1. The predicted octanol–water partition coefficient (Wildman–Crippen LogP) is 0.572. The number of non-ortho nitro benzene ring substituents is 1. The van der Waals surface area contributed by atoms with Crippen LogP contribution in [0.25, 0.3) is 0 Å². The van der Waals surface area contributed by atoms with E-state index in [1.807, 2.05) is 20.8 Å². The zero-order valence-corrected chi connectivity index (χ0v) is 9.47. The fraction of sp³-hybridized carbons (Fsp3) is 0.400. The monoisotopic (exact) mass is 223 g/mol. The van der Waals surface area contributed by atoms with Gasteiger partial charge in [0.25, 0.3) is 5.69 Å². The van der Waals surface area contributed by atoms with Gasteiger partial charge in [0.05, 0.1) is 4.92 Å². The van der Waals surface area contributed by atoms with Crippen LogP contribution in [0.4, 0.5) is 5.69 Å². The van der Waals surface area contributed by atoms with Crippen LogP contribution in [0.5, 0.6) is 0 Å². The summed E-state index contributed by atoms with van der Waals surface area (Å²) in [7, 11) is -1.69. The Morgan fingerprint density at radius 2 is 1.81 bits per heavy atom. The number of benzene rings is 1. The highest BCUT2D eigenvalue weighted by Gasteiger charge is 2.22. The van der Waals surface area contributed by atoms with Crippen LogP contribution >= 0.6 is 0 Å². The second-order valence-electron chi connectivity index (χ2n) is 4.69. The highest BCUT2D eigenvalue weighted by molar-refractivity contribution is 6.58. The van der Waals surface area contributed by atoms with Crippen LogP contribution in [-0.4, -0.2) is 22.1 Å². The Morgan fingerprint density at radius 3 is 2.19 bits per heavy atom. The first-order valence-electron chi connectivity index (χ1n) is 4.88. The summed E-state index contributed by atoms with van der Waals surface area (Å²) in [5, 5.41) is 28.8. The van der Waals surface area contributed by atoms with Crippen LogP contribution in [0.15, 0.2) is 18.2 Å². The highest BCUT2D eigenvalue weighted by atomic mass is 16.6. The van der Waals surface area contributed by atoms with Gasteiger partial charge in [0.15, 0.2) is 0 Å². The largest absolute Gasteiger partial charge is 0.488 e. The van der Waals surface area contributed by atoms with Crippen molar-refractivity contribution in [1.29, 1.82) is 0 Å². The summed E-state index contributed by atoms with van der Waals surface area (Å²) in [5.41, 5.74) is 0.426. The molecule has 0 spiro atoms. The Balaban J connectivity index is 3.36. The number of hydrogen-bond acceptors (Lipinski definition) is 4. The molecule has 6 heteroatoms. The molecule has 1 aromatic rings. The lowest BCUT2D eigenvalue weighted by molar-refractivity contribution is -0.384. The van der Waals surface area contributed by atoms with Crippen molar-refractivity contribution >= 4 is 18.3 Å². The molecule has 0 aliphatic rings. The van der Waals surface area contributed by atoms with Crippen LogP contribution in [0, 0.1) is 10.1 Å². The first-order valence-corrected chi connectivity index (χ1v) is 4.88. The third kappa shape index (κ3) is 2.80. The van der Waals surface area contributed by atoms with E-state index in [1.54, 1.807) is 6.07 Å². The van der Waals surface area contributed by atoms with E-state index in [4.69, 9.17) is 10.0 Å². The molecular formula is C10H14BNO4. The molecule has 0 fully saturated rings. The van der Waals surface area contributed by atoms with Gasteiger partial charge in [-0.1, -0.05) is 26.8 Å². The van der Waals surface area contributed by atoms with Crippen LogP contribution in [0.1, 0.15) is 26.3 Å². The van der Waals surface area contributed by atoms with Crippen molar-refractivity contribution in [2.75, 3.05) is 0 Å². The summed E-state index contributed by atoms with van der Waals surface area (Å²) in [6, 6.07) is 4.18. The second kappa shape index (κ2) is 4.23. The molecule has 0 unspecified atom stereocenters.